The van der Waals surface area contributed by atoms with Gasteiger partial charge in [-0.15, -0.1) is 0 Å². The standard InChI is InChI=1S/C15H21N3O/c1-2-3-6-11(9-16)18-15(19)13-10-17-14-8-5-4-7-12(13)14/h4-5,7-8,10-11,17H,2-3,6,9,16H2,1H3,(H,18,19). The van der Waals surface area contributed by atoms with Gasteiger partial charge in [-0.05, 0) is 12.5 Å². The van der Waals surface area contributed by atoms with Gasteiger partial charge in [-0.2, -0.15) is 0 Å². The van der Waals surface area contributed by atoms with Crippen LogP contribution >= 0.6 is 0 Å². The van der Waals surface area contributed by atoms with Crippen molar-refractivity contribution in [3.63, 3.8) is 0 Å². The normalized spacial score (nSPS) is 12.5. The Bertz CT molecular complexity index is 547. The van der Waals surface area contributed by atoms with Crippen LogP contribution in [0.1, 0.15) is 36.5 Å². The first-order valence-electron chi connectivity index (χ1n) is 6.83. The quantitative estimate of drug-likeness (QED) is 0.745. The number of aromatic nitrogens is 1. The molecule has 0 fully saturated rings. The third-order valence-corrected chi connectivity index (χ3v) is 3.36. The van der Waals surface area contributed by atoms with Crippen LogP contribution < -0.4 is 11.1 Å². The predicted molar refractivity (Wildman–Crippen MR) is 78.1 cm³/mol. The Hall–Kier alpha value is -1.81. The molecule has 0 aliphatic carbocycles. The molecule has 2 rings (SSSR count). The Labute approximate surface area is 113 Å². The summed E-state index contributed by atoms with van der Waals surface area (Å²) in [6.45, 7) is 2.61. The Balaban J connectivity index is 2.10. The lowest BCUT2D eigenvalue weighted by Gasteiger charge is -2.16. The summed E-state index contributed by atoms with van der Waals surface area (Å²) >= 11 is 0. The van der Waals surface area contributed by atoms with Crippen LogP contribution in [0.2, 0.25) is 0 Å². The van der Waals surface area contributed by atoms with Gasteiger partial charge >= 0.3 is 0 Å². The number of rotatable bonds is 6. The van der Waals surface area contributed by atoms with Crippen molar-refractivity contribution in [2.24, 2.45) is 5.73 Å². The van der Waals surface area contributed by atoms with Gasteiger partial charge in [-0.3, -0.25) is 4.79 Å². The average Bonchev–Trinajstić information content (AvgIpc) is 2.87. The second kappa shape index (κ2) is 6.38. The van der Waals surface area contributed by atoms with Gasteiger partial charge in [0.25, 0.3) is 5.91 Å². The number of carbonyl (C=O) groups is 1. The lowest BCUT2D eigenvalue weighted by Crippen LogP contribution is -2.40. The van der Waals surface area contributed by atoms with Crippen LogP contribution in [-0.2, 0) is 0 Å². The fraction of sp³-hybridized carbons (Fsp3) is 0.400. The molecule has 19 heavy (non-hydrogen) atoms. The van der Waals surface area contributed by atoms with E-state index in [1.165, 1.54) is 0 Å². The number of unbranched alkanes of at least 4 members (excludes halogenated alkanes) is 1. The van der Waals surface area contributed by atoms with Crippen molar-refractivity contribution in [2.45, 2.75) is 32.2 Å². The molecule has 4 nitrogen and oxygen atoms in total. The highest BCUT2D eigenvalue weighted by atomic mass is 16.1. The fourth-order valence-electron chi connectivity index (χ4n) is 2.22. The smallest absolute Gasteiger partial charge is 0.253 e. The molecule has 102 valence electrons. The Morgan fingerprint density at radius 2 is 2.21 bits per heavy atom. The van der Waals surface area contributed by atoms with E-state index in [-0.39, 0.29) is 11.9 Å². The molecule has 1 unspecified atom stereocenters. The minimum Gasteiger partial charge on any atom is -0.360 e. The highest BCUT2D eigenvalue weighted by molar-refractivity contribution is 6.06. The molecule has 1 aromatic carbocycles. The predicted octanol–water partition coefficient (Wildman–Crippen LogP) is 2.42. The topological polar surface area (TPSA) is 70.9 Å². The molecule has 0 radical (unpaired) electrons. The van der Waals surface area contributed by atoms with Crippen molar-refractivity contribution < 1.29 is 4.79 Å². The van der Waals surface area contributed by atoms with Crippen molar-refractivity contribution in [3.8, 4) is 0 Å². The molecule has 4 heteroatoms. The van der Waals surface area contributed by atoms with E-state index in [0.717, 1.165) is 30.2 Å². The summed E-state index contributed by atoms with van der Waals surface area (Å²) in [5, 5.41) is 3.96. The molecule has 1 atom stereocenters. The SMILES string of the molecule is CCCCC(CN)NC(=O)c1c[nH]c2ccccc12. The number of nitrogens with one attached hydrogen (secondary N) is 2. The molecule has 4 N–H and O–H groups in total. The first-order valence-corrected chi connectivity index (χ1v) is 6.83. The number of hydrogen-bond donors (Lipinski definition) is 3. The molecule has 0 saturated heterocycles. The van der Waals surface area contributed by atoms with E-state index in [4.69, 9.17) is 5.73 Å². The summed E-state index contributed by atoms with van der Waals surface area (Å²) in [6.07, 6.45) is 4.88. The zero-order chi connectivity index (χ0) is 13.7. The average molecular weight is 259 g/mol. The van der Waals surface area contributed by atoms with Gasteiger partial charge in [0.1, 0.15) is 0 Å². The summed E-state index contributed by atoms with van der Waals surface area (Å²) < 4.78 is 0. The van der Waals surface area contributed by atoms with Crippen LogP contribution in [-0.4, -0.2) is 23.5 Å². The number of nitrogens with two attached hydrogens (primary N) is 1. The monoisotopic (exact) mass is 259 g/mol. The summed E-state index contributed by atoms with van der Waals surface area (Å²) in [7, 11) is 0. The van der Waals surface area contributed by atoms with E-state index in [2.05, 4.69) is 17.2 Å². The van der Waals surface area contributed by atoms with Crippen molar-refractivity contribution >= 4 is 16.8 Å². The van der Waals surface area contributed by atoms with Gasteiger partial charge in [-0.1, -0.05) is 38.0 Å². The van der Waals surface area contributed by atoms with E-state index in [1.54, 1.807) is 6.20 Å². The number of fused-ring (bicyclic) bond motifs is 1. The second-order valence-electron chi connectivity index (χ2n) is 4.80. The third-order valence-electron chi connectivity index (χ3n) is 3.36. The number of hydrogen-bond acceptors (Lipinski definition) is 2. The molecular weight excluding hydrogens is 238 g/mol. The minimum absolute atomic E-state index is 0.0518. The van der Waals surface area contributed by atoms with Crippen molar-refractivity contribution in [1.82, 2.24) is 10.3 Å². The Kier molecular flexibility index (Phi) is 4.58. The van der Waals surface area contributed by atoms with Crippen LogP contribution in [0.5, 0.6) is 0 Å². The van der Waals surface area contributed by atoms with E-state index in [9.17, 15) is 4.79 Å². The molecule has 1 amide bonds. The lowest BCUT2D eigenvalue weighted by molar-refractivity contribution is 0.0937. The first kappa shape index (κ1) is 13.6. The van der Waals surface area contributed by atoms with Crippen LogP contribution in [0, 0.1) is 0 Å². The maximum Gasteiger partial charge on any atom is 0.253 e. The van der Waals surface area contributed by atoms with Gasteiger partial charge in [-0.25, -0.2) is 0 Å². The highest BCUT2D eigenvalue weighted by Gasteiger charge is 2.15. The Morgan fingerprint density at radius 3 is 2.95 bits per heavy atom. The molecule has 0 aliphatic rings. The summed E-state index contributed by atoms with van der Waals surface area (Å²) in [5.74, 6) is -0.0518. The molecule has 0 bridgehead atoms. The molecule has 1 aromatic heterocycles. The van der Waals surface area contributed by atoms with Crippen LogP contribution in [0.3, 0.4) is 0 Å². The summed E-state index contributed by atoms with van der Waals surface area (Å²) in [5.41, 5.74) is 7.37. The number of aromatic amines is 1. The number of carbonyl (C=O) groups excluding carboxylic acids is 1. The number of amides is 1. The van der Waals surface area contributed by atoms with Crippen LogP contribution in [0.4, 0.5) is 0 Å². The molecule has 0 spiro atoms. The second-order valence-corrected chi connectivity index (χ2v) is 4.80. The van der Waals surface area contributed by atoms with Gasteiger partial charge in [0.05, 0.1) is 5.56 Å². The number of H-pyrrole nitrogens is 1. The highest BCUT2D eigenvalue weighted by Crippen LogP contribution is 2.17. The van der Waals surface area contributed by atoms with Crippen molar-refractivity contribution in [1.29, 1.82) is 0 Å². The molecule has 2 aromatic rings. The van der Waals surface area contributed by atoms with E-state index in [0.29, 0.717) is 12.1 Å². The first-order chi connectivity index (χ1) is 9.26. The summed E-state index contributed by atoms with van der Waals surface area (Å²) in [4.78, 5) is 15.4. The Morgan fingerprint density at radius 1 is 1.42 bits per heavy atom. The largest absolute Gasteiger partial charge is 0.360 e. The molecular formula is C15H21N3O. The van der Waals surface area contributed by atoms with E-state index < -0.39 is 0 Å². The van der Waals surface area contributed by atoms with Crippen molar-refractivity contribution in [3.05, 3.63) is 36.0 Å². The lowest BCUT2D eigenvalue weighted by atomic mass is 10.1. The van der Waals surface area contributed by atoms with Gasteiger partial charge in [0.2, 0.25) is 0 Å². The number of benzene rings is 1. The van der Waals surface area contributed by atoms with E-state index >= 15 is 0 Å². The molecule has 0 aliphatic heterocycles. The van der Waals surface area contributed by atoms with Crippen molar-refractivity contribution in [2.75, 3.05) is 6.54 Å². The maximum atomic E-state index is 12.3. The molecule has 0 saturated carbocycles. The van der Waals surface area contributed by atoms with Crippen LogP contribution in [0.25, 0.3) is 10.9 Å². The fourth-order valence-corrected chi connectivity index (χ4v) is 2.22. The van der Waals surface area contributed by atoms with Gasteiger partial charge in [0, 0.05) is 29.7 Å². The maximum absolute atomic E-state index is 12.3. The van der Waals surface area contributed by atoms with Gasteiger partial charge in [0.15, 0.2) is 0 Å². The minimum atomic E-state index is -0.0518. The molecule has 1 heterocycles. The zero-order valence-corrected chi connectivity index (χ0v) is 11.3. The van der Waals surface area contributed by atoms with E-state index in [1.807, 2.05) is 24.3 Å². The van der Waals surface area contributed by atoms with Crippen LogP contribution in [0.15, 0.2) is 30.5 Å². The summed E-state index contributed by atoms with van der Waals surface area (Å²) in [6, 6.07) is 7.85. The zero-order valence-electron chi connectivity index (χ0n) is 11.3. The number of para-hydroxylation sites is 1. The third kappa shape index (κ3) is 3.15. The van der Waals surface area contributed by atoms with Gasteiger partial charge < -0.3 is 16.0 Å².